The average Bonchev–Trinajstić information content (AvgIpc) is 2.62. The molecule has 0 bridgehead atoms. The van der Waals surface area contributed by atoms with Crippen molar-refractivity contribution in [3.05, 3.63) is 10.6 Å². The number of halogens is 3. The molecule has 0 fully saturated rings. The third-order valence-electron chi connectivity index (χ3n) is 2.15. The van der Waals surface area contributed by atoms with Crippen LogP contribution in [0.15, 0.2) is 0 Å². The molecule has 16 heavy (non-hydrogen) atoms. The van der Waals surface area contributed by atoms with Crippen LogP contribution in [-0.2, 0) is 6.42 Å². The number of nitrogens with zero attached hydrogens (tertiary/aromatic N) is 2. The maximum Gasteiger partial charge on any atom is 0.389 e. The number of nitrogens with two attached hydrogens (primary N) is 1. The highest BCUT2D eigenvalue weighted by molar-refractivity contribution is 7.05. The van der Waals surface area contributed by atoms with Gasteiger partial charge in [-0.05, 0) is 24.4 Å². The molecule has 1 aromatic heterocycles. The lowest BCUT2D eigenvalue weighted by Crippen LogP contribution is -2.16. The average molecular weight is 253 g/mol. The van der Waals surface area contributed by atoms with Crippen LogP contribution in [0, 0.1) is 0 Å². The molecule has 0 amide bonds. The van der Waals surface area contributed by atoms with Crippen molar-refractivity contribution in [2.45, 2.75) is 44.8 Å². The molecule has 1 rings (SSSR count). The molecule has 0 aromatic carbocycles. The van der Waals surface area contributed by atoms with Gasteiger partial charge in [0.15, 0.2) is 0 Å². The first-order valence-corrected chi connectivity index (χ1v) is 5.85. The summed E-state index contributed by atoms with van der Waals surface area (Å²) < 4.78 is 39.8. The maximum atomic E-state index is 12.0. The molecule has 92 valence electrons. The highest BCUT2D eigenvalue weighted by atomic mass is 32.1. The molecule has 1 unspecified atom stereocenters. The summed E-state index contributed by atoms with van der Waals surface area (Å²) in [5, 5.41) is 3.88. The molecule has 3 nitrogen and oxygen atoms in total. The zero-order chi connectivity index (χ0) is 12.2. The second-order valence-corrected chi connectivity index (χ2v) is 4.38. The van der Waals surface area contributed by atoms with Gasteiger partial charge < -0.3 is 5.73 Å². The van der Waals surface area contributed by atoms with Gasteiger partial charge in [0.2, 0.25) is 0 Å². The Morgan fingerprint density at radius 3 is 2.69 bits per heavy atom. The normalized spacial score (nSPS) is 14.1. The lowest BCUT2D eigenvalue weighted by Gasteiger charge is -2.12. The number of alkyl halides is 3. The van der Waals surface area contributed by atoms with Gasteiger partial charge in [-0.2, -0.15) is 13.2 Å². The second-order valence-electron chi connectivity index (χ2n) is 3.59. The molecule has 1 heterocycles. The van der Waals surface area contributed by atoms with Crippen LogP contribution in [0.1, 0.15) is 42.8 Å². The van der Waals surface area contributed by atoms with E-state index in [1.54, 1.807) is 0 Å². The Hall–Kier alpha value is -0.690. The second kappa shape index (κ2) is 5.58. The Bertz CT molecular complexity index is 324. The fourth-order valence-electron chi connectivity index (χ4n) is 1.36. The predicted molar refractivity (Wildman–Crippen MR) is 56.1 cm³/mol. The first kappa shape index (κ1) is 13.4. The number of hydrogen-bond acceptors (Lipinski definition) is 4. The quantitative estimate of drug-likeness (QED) is 0.877. The SMILES string of the molecule is CCCc1nnsc1C(N)CCC(F)(F)F. The van der Waals surface area contributed by atoms with E-state index in [0.29, 0.717) is 11.3 Å². The van der Waals surface area contributed by atoms with E-state index in [1.807, 2.05) is 6.92 Å². The molecule has 0 aliphatic heterocycles. The van der Waals surface area contributed by atoms with Gasteiger partial charge in [0.25, 0.3) is 0 Å². The minimum Gasteiger partial charge on any atom is -0.323 e. The van der Waals surface area contributed by atoms with Gasteiger partial charge in [0.1, 0.15) is 0 Å². The predicted octanol–water partition coefficient (Wildman–Crippen LogP) is 2.83. The first-order chi connectivity index (χ1) is 7.44. The molecule has 1 atom stereocenters. The van der Waals surface area contributed by atoms with E-state index < -0.39 is 18.6 Å². The molecule has 0 radical (unpaired) electrons. The van der Waals surface area contributed by atoms with Gasteiger partial charge in [-0.3, -0.25) is 0 Å². The van der Waals surface area contributed by atoms with E-state index in [-0.39, 0.29) is 6.42 Å². The third-order valence-corrected chi connectivity index (χ3v) is 3.05. The van der Waals surface area contributed by atoms with Crippen molar-refractivity contribution >= 4 is 11.5 Å². The minimum atomic E-state index is -4.15. The van der Waals surface area contributed by atoms with Crippen LogP contribution in [0.3, 0.4) is 0 Å². The Kier molecular flexibility index (Phi) is 4.67. The fourth-order valence-corrected chi connectivity index (χ4v) is 2.09. The van der Waals surface area contributed by atoms with Crippen molar-refractivity contribution in [3.8, 4) is 0 Å². The van der Waals surface area contributed by atoms with Crippen molar-refractivity contribution in [2.24, 2.45) is 5.73 Å². The smallest absolute Gasteiger partial charge is 0.323 e. The van der Waals surface area contributed by atoms with Crippen molar-refractivity contribution in [1.82, 2.24) is 9.59 Å². The summed E-state index contributed by atoms with van der Waals surface area (Å²) in [6, 6.07) is -0.608. The van der Waals surface area contributed by atoms with E-state index in [2.05, 4.69) is 9.59 Å². The lowest BCUT2D eigenvalue weighted by atomic mass is 10.1. The Morgan fingerprint density at radius 2 is 2.12 bits per heavy atom. The fraction of sp³-hybridized carbons (Fsp3) is 0.778. The van der Waals surface area contributed by atoms with Gasteiger partial charge in [0, 0.05) is 12.5 Å². The largest absolute Gasteiger partial charge is 0.389 e. The zero-order valence-corrected chi connectivity index (χ0v) is 9.74. The Labute approximate surface area is 96.0 Å². The van der Waals surface area contributed by atoms with Crippen molar-refractivity contribution in [1.29, 1.82) is 0 Å². The summed E-state index contributed by atoms with van der Waals surface area (Å²) in [5.41, 5.74) is 6.45. The van der Waals surface area contributed by atoms with E-state index in [4.69, 9.17) is 5.73 Å². The number of hydrogen-bond donors (Lipinski definition) is 1. The maximum absolute atomic E-state index is 12.0. The summed E-state index contributed by atoms with van der Waals surface area (Å²) in [5.74, 6) is 0. The van der Waals surface area contributed by atoms with E-state index >= 15 is 0 Å². The van der Waals surface area contributed by atoms with Crippen LogP contribution >= 0.6 is 11.5 Å². The molecule has 7 heteroatoms. The monoisotopic (exact) mass is 253 g/mol. The summed E-state index contributed by atoms with van der Waals surface area (Å²) >= 11 is 1.09. The highest BCUT2D eigenvalue weighted by Crippen LogP contribution is 2.29. The Morgan fingerprint density at radius 1 is 1.44 bits per heavy atom. The zero-order valence-electron chi connectivity index (χ0n) is 8.92. The van der Waals surface area contributed by atoms with Gasteiger partial charge in [-0.15, -0.1) is 5.10 Å². The van der Waals surface area contributed by atoms with E-state index in [0.717, 1.165) is 23.6 Å². The topological polar surface area (TPSA) is 51.8 Å². The first-order valence-electron chi connectivity index (χ1n) is 5.07. The number of aryl methyl sites for hydroxylation is 1. The number of aromatic nitrogens is 2. The van der Waals surface area contributed by atoms with Gasteiger partial charge in [-0.1, -0.05) is 17.8 Å². The van der Waals surface area contributed by atoms with Crippen molar-refractivity contribution in [2.75, 3.05) is 0 Å². The van der Waals surface area contributed by atoms with Crippen molar-refractivity contribution in [3.63, 3.8) is 0 Å². The molecule has 2 N–H and O–H groups in total. The molecule has 0 saturated carbocycles. The van der Waals surface area contributed by atoms with Crippen LogP contribution in [0.2, 0.25) is 0 Å². The third kappa shape index (κ3) is 4.05. The van der Waals surface area contributed by atoms with Gasteiger partial charge in [0.05, 0.1) is 10.6 Å². The molecule has 0 aliphatic carbocycles. The van der Waals surface area contributed by atoms with E-state index in [9.17, 15) is 13.2 Å². The molecular weight excluding hydrogens is 239 g/mol. The summed E-state index contributed by atoms with van der Waals surface area (Å²) in [4.78, 5) is 0.686. The van der Waals surface area contributed by atoms with Gasteiger partial charge in [-0.25, -0.2) is 0 Å². The standard InChI is InChI=1S/C9H14F3N3S/c1-2-3-7-8(16-15-14-7)6(13)4-5-9(10,11)12/h6H,2-5,13H2,1H3. The number of rotatable bonds is 5. The van der Waals surface area contributed by atoms with E-state index in [1.165, 1.54) is 0 Å². The Balaban J connectivity index is 2.58. The highest BCUT2D eigenvalue weighted by Gasteiger charge is 2.28. The van der Waals surface area contributed by atoms with Gasteiger partial charge >= 0.3 is 6.18 Å². The molecule has 0 saturated heterocycles. The van der Waals surface area contributed by atoms with Crippen LogP contribution in [0.5, 0.6) is 0 Å². The molecule has 0 aliphatic rings. The minimum absolute atomic E-state index is 0.107. The summed E-state index contributed by atoms with van der Waals surface area (Å²) in [7, 11) is 0. The summed E-state index contributed by atoms with van der Waals surface area (Å²) in [6.45, 7) is 1.98. The summed E-state index contributed by atoms with van der Waals surface area (Å²) in [6.07, 6.45) is -3.53. The van der Waals surface area contributed by atoms with Crippen molar-refractivity contribution < 1.29 is 13.2 Å². The molecule has 1 aromatic rings. The van der Waals surface area contributed by atoms with Crippen LogP contribution in [0.25, 0.3) is 0 Å². The van der Waals surface area contributed by atoms with Crippen LogP contribution in [0.4, 0.5) is 13.2 Å². The van der Waals surface area contributed by atoms with Crippen LogP contribution in [-0.4, -0.2) is 15.8 Å². The lowest BCUT2D eigenvalue weighted by molar-refractivity contribution is -0.136. The molecular formula is C9H14F3N3S. The molecule has 0 spiro atoms. The van der Waals surface area contributed by atoms with Crippen LogP contribution < -0.4 is 5.73 Å².